The average molecular weight is 303 g/mol. The van der Waals surface area contributed by atoms with Crippen LogP contribution in [0.1, 0.15) is 35.3 Å². The Morgan fingerprint density at radius 3 is 2.91 bits per heavy atom. The normalized spacial score (nSPS) is 24.8. The van der Waals surface area contributed by atoms with Crippen molar-refractivity contribution in [2.75, 3.05) is 0 Å². The smallest absolute Gasteiger partial charge is 0.0956 e. The van der Waals surface area contributed by atoms with Crippen molar-refractivity contribution in [2.45, 2.75) is 25.0 Å². The molecule has 4 nitrogen and oxygen atoms in total. The van der Waals surface area contributed by atoms with Gasteiger partial charge in [-0.2, -0.15) is 0 Å². The summed E-state index contributed by atoms with van der Waals surface area (Å²) in [6, 6.07) is 10.6. The minimum Gasteiger partial charge on any atom is -0.388 e. The molecule has 0 spiro atoms. The lowest BCUT2D eigenvalue weighted by atomic mass is 9.76. The number of aryl methyl sites for hydroxylation is 1. The molecule has 3 heterocycles. The van der Waals surface area contributed by atoms with E-state index < -0.39 is 6.10 Å². The van der Waals surface area contributed by atoms with Gasteiger partial charge in [0.05, 0.1) is 30.4 Å². The number of nitrogens with zero attached hydrogens (tertiary/aromatic N) is 3. The molecule has 2 aromatic heterocycles. The highest BCUT2D eigenvalue weighted by Crippen LogP contribution is 2.49. The number of imidazole rings is 1. The summed E-state index contributed by atoms with van der Waals surface area (Å²) < 4.78 is 2.22. The average Bonchev–Trinajstić information content (AvgIpc) is 3.17. The molecule has 1 aliphatic carbocycles. The fourth-order valence-corrected chi connectivity index (χ4v) is 4.28. The van der Waals surface area contributed by atoms with Crippen molar-refractivity contribution in [2.24, 2.45) is 5.92 Å². The molecule has 3 aromatic rings. The van der Waals surface area contributed by atoms with Crippen molar-refractivity contribution < 1.29 is 5.11 Å². The Morgan fingerprint density at radius 2 is 1.96 bits per heavy atom. The Balaban J connectivity index is 1.64. The van der Waals surface area contributed by atoms with Crippen molar-refractivity contribution in [3.63, 3.8) is 0 Å². The van der Waals surface area contributed by atoms with Crippen LogP contribution in [0.2, 0.25) is 0 Å². The second-order valence-corrected chi connectivity index (χ2v) is 6.44. The third-order valence-corrected chi connectivity index (χ3v) is 5.34. The number of fused-ring (bicyclic) bond motifs is 4. The van der Waals surface area contributed by atoms with Gasteiger partial charge in [-0.15, -0.1) is 0 Å². The Labute approximate surface area is 134 Å². The molecule has 1 unspecified atom stereocenters. The number of aromatic nitrogens is 3. The molecule has 114 valence electrons. The molecule has 0 saturated carbocycles. The molecular weight excluding hydrogens is 286 g/mol. The van der Waals surface area contributed by atoms with Gasteiger partial charge in [0.1, 0.15) is 0 Å². The summed E-state index contributed by atoms with van der Waals surface area (Å²) in [5, 5.41) is 11.0. The summed E-state index contributed by atoms with van der Waals surface area (Å²) in [5.74, 6) is 0.142. The van der Waals surface area contributed by atoms with Gasteiger partial charge < -0.3 is 9.67 Å². The highest BCUT2D eigenvalue weighted by atomic mass is 16.3. The molecule has 4 heteroatoms. The fourth-order valence-electron chi connectivity index (χ4n) is 4.28. The quantitative estimate of drug-likeness (QED) is 0.751. The zero-order valence-electron chi connectivity index (χ0n) is 12.6. The monoisotopic (exact) mass is 303 g/mol. The van der Waals surface area contributed by atoms with Crippen LogP contribution >= 0.6 is 0 Å². The first-order chi connectivity index (χ1) is 11.3. The van der Waals surface area contributed by atoms with Crippen molar-refractivity contribution >= 4 is 0 Å². The van der Waals surface area contributed by atoms with E-state index in [1.54, 1.807) is 0 Å². The highest BCUT2D eigenvalue weighted by Gasteiger charge is 2.40. The summed E-state index contributed by atoms with van der Waals surface area (Å²) in [6.07, 6.45) is 8.91. The molecule has 0 amide bonds. The minimum atomic E-state index is -0.487. The van der Waals surface area contributed by atoms with Crippen molar-refractivity contribution in [1.29, 1.82) is 0 Å². The molecule has 3 atom stereocenters. The molecule has 1 N–H and O–H groups in total. The molecular formula is C19H17N3O. The van der Waals surface area contributed by atoms with E-state index in [-0.39, 0.29) is 12.0 Å². The van der Waals surface area contributed by atoms with Crippen molar-refractivity contribution in [3.8, 4) is 11.3 Å². The Kier molecular flexibility index (Phi) is 2.70. The largest absolute Gasteiger partial charge is 0.388 e. The predicted octanol–water partition coefficient (Wildman–Crippen LogP) is 3.14. The number of aliphatic hydroxyl groups is 1. The van der Waals surface area contributed by atoms with E-state index in [2.05, 4.69) is 38.8 Å². The summed E-state index contributed by atoms with van der Waals surface area (Å²) >= 11 is 0. The van der Waals surface area contributed by atoms with E-state index in [1.165, 1.54) is 16.7 Å². The molecule has 1 aromatic carbocycles. The second-order valence-electron chi connectivity index (χ2n) is 6.44. The molecule has 5 rings (SSSR count). The Morgan fingerprint density at radius 1 is 1.04 bits per heavy atom. The third-order valence-electron chi connectivity index (χ3n) is 5.34. The zero-order chi connectivity index (χ0) is 15.4. The minimum absolute atomic E-state index is 0.142. The van der Waals surface area contributed by atoms with Gasteiger partial charge in [0.15, 0.2) is 0 Å². The first-order valence-electron chi connectivity index (χ1n) is 8.06. The topological polar surface area (TPSA) is 50.9 Å². The van der Waals surface area contributed by atoms with Gasteiger partial charge in [0.2, 0.25) is 0 Å². The van der Waals surface area contributed by atoms with Gasteiger partial charge in [-0.1, -0.05) is 24.3 Å². The van der Waals surface area contributed by atoms with Crippen LogP contribution in [-0.4, -0.2) is 19.6 Å². The van der Waals surface area contributed by atoms with Crippen LogP contribution in [0.15, 0.2) is 55.2 Å². The number of benzene rings is 1. The van der Waals surface area contributed by atoms with Crippen LogP contribution in [0.5, 0.6) is 0 Å². The predicted molar refractivity (Wildman–Crippen MR) is 86.8 cm³/mol. The second kappa shape index (κ2) is 4.77. The lowest BCUT2D eigenvalue weighted by Gasteiger charge is -2.35. The first kappa shape index (κ1) is 13.0. The van der Waals surface area contributed by atoms with Crippen LogP contribution in [0.4, 0.5) is 0 Å². The Bertz CT molecular complexity index is 886. The van der Waals surface area contributed by atoms with Gasteiger partial charge in [-0.3, -0.25) is 4.98 Å². The van der Waals surface area contributed by atoms with Gasteiger partial charge in [0.25, 0.3) is 0 Å². The molecule has 1 aliphatic heterocycles. The molecule has 0 bridgehead atoms. The zero-order valence-corrected chi connectivity index (χ0v) is 12.6. The number of rotatable bonds is 1. The van der Waals surface area contributed by atoms with E-state index in [9.17, 15) is 5.11 Å². The van der Waals surface area contributed by atoms with E-state index in [0.717, 1.165) is 24.1 Å². The van der Waals surface area contributed by atoms with Crippen LogP contribution in [0.25, 0.3) is 11.3 Å². The van der Waals surface area contributed by atoms with Gasteiger partial charge in [-0.05, 0) is 30.0 Å². The van der Waals surface area contributed by atoms with Crippen molar-refractivity contribution in [3.05, 3.63) is 71.9 Å². The summed E-state index contributed by atoms with van der Waals surface area (Å²) in [4.78, 5) is 8.54. The van der Waals surface area contributed by atoms with Crippen LogP contribution < -0.4 is 0 Å². The SMILES string of the molecule is O[C@H]1c2cnccc2CC[C@H]1C1c2ccccc2-c2cncn21. The summed E-state index contributed by atoms with van der Waals surface area (Å²) in [7, 11) is 0. The molecule has 2 aliphatic rings. The van der Waals surface area contributed by atoms with E-state index in [0.29, 0.717) is 0 Å². The Hall–Kier alpha value is -2.46. The standard InChI is InChI=1S/C19H17N3O/c23-19-15(6-5-12-7-8-20-9-16(12)19)18-14-4-2-1-3-13(14)17-10-21-11-22(17)18/h1-4,7-11,15,18-19,23H,5-6H2/t15-,18?,19+/m0/s1. The van der Waals surface area contributed by atoms with Crippen LogP contribution in [0.3, 0.4) is 0 Å². The van der Waals surface area contributed by atoms with Gasteiger partial charge in [-0.25, -0.2) is 4.98 Å². The molecule has 0 fully saturated rings. The van der Waals surface area contributed by atoms with E-state index in [1.807, 2.05) is 31.0 Å². The molecule has 0 radical (unpaired) electrons. The summed E-state index contributed by atoms with van der Waals surface area (Å²) in [5.41, 5.74) is 5.88. The maximum atomic E-state index is 11.0. The fraction of sp³-hybridized carbons (Fsp3) is 0.263. The van der Waals surface area contributed by atoms with E-state index in [4.69, 9.17) is 0 Å². The number of aliphatic hydroxyl groups excluding tert-OH is 1. The maximum absolute atomic E-state index is 11.0. The lowest BCUT2D eigenvalue weighted by Crippen LogP contribution is -2.28. The summed E-state index contributed by atoms with van der Waals surface area (Å²) in [6.45, 7) is 0. The van der Waals surface area contributed by atoms with Crippen molar-refractivity contribution in [1.82, 2.24) is 14.5 Å². The number of pyridine rings is 1. The first-order valence-corrected chi connectivity index (χ1v) is 8.06. The lowest BCUT2D eigenvalue weighted by molar-refractivity contribution is 0.0717. The van der Waals surface area contributed by atoms with Gasteiger partial charge in [0, 0.05) is 29.4 Å². The number of hydrogen-bond donors (Lipinski definition) is 1. The van der Waals surface area contributed by atoms with Crippen LogP contribution in [0, 0.1) is 5.92 Å². The number of hydrogen-bond acceptors (Lipinski definition) is 3. The molecule has 0 saturated heterocycles. The maximum Gasteiger partial charge on any atom is 0.0956 e. The third kappa shape index (κ3) is 1.75. The highest BCUT2D eigenvalue weighted by molar-refractivity contribution is 5.69. The van der Waals surface area contributed by atoms with E-state index >= 15 is 0 Å². The molecule has 23 heavy (non-hydrogen) atoms. The van der Waals surface area contributed by atoms with Crippen LogP contribution in [-0.2, 0) is 6.42 Å². The van der Waals surface area contributed by atoms with Gasteiger partial charge >= 0.3 is 0 Å².